The van der Waals surface area contributed by atoms with Gasteiger partial charge in [-0.3, -0.25) is 0 Å². The zero-order valence-electron chi connectivity index (χ0n) is 9.98. The van der Waals surface area contributed by atoms with Crippen molar-refractivity contribution in [3.8, 4) is 0 Å². The molecule has 3 N–H and O–H groups in total. The van der Waals surface area contributed by atoms with E-state index in [1.54, 1.807) is 20.8 Å². The largest absolute Gasteiger partial charge is 0.480 e. The number of ether oxygens (including phenoxy) is 1. The molecule has 0 aliphatic heterocycles. The molecule has 94 valence electrons. The Hall–Kier alpha value is -1.30. The number of aliphatic hydroxyl groups excluding tert-OH is 1. The molecular weight excluding hydrogens is 214 g/mol. The van der Waals surface area contributed by atoms with Crippen LogP contribution in [-0.2, 0) is 9.53 Å². The normalized spacial score (nSPS) is 15.1. The first-order valence-corrected chi connectivity index (χ1v) is 5.00. The number of alkyl carbamates (subject to hydrolysis) is 1. The van der Waals surface area contributed by atoms with Gasteiger partial charge in [0.05, 0.1) is 0 Å². The number of amides is 1. The number of rotatable bonds is 4. The fourth-order valence-corrected chi connectivity index (χ4v) is 0.987. The van der Waals surface area contributed by atoms with E-state index in [4.69, 9.17) is 14.9 Å². The van der Waals surface area contributed by atoms with Gasteiger partial charge in [-0.15, -0.1) is 0 Å². The summed E-state index contributed by atoms with van der Waals surface area (Å²) in [4.78, 5) is 22.1. The molecule has 0 aliphatic rings. The van der Waals surface area contributed by atoms with Gasteiger partial charge in [0.25, 0.3) is 0 Å². The molecule has 0 bridgehead atoms. The van der Waals surface area contributed by atoms with E-state index >= 15 is 0 Å². The van der Waals surface area contributed by atoms with Crippen molar-refractivity contribution in [1.82, 2.24) is 5.32 Å². The van der Waals surface area contributed by atoms with Gasteiger partial charge in [0.2, 0.25) is 0 Å². The Morgan fingerprint density at radius 1 is 1.38 bits per heavy atom. The van der Waals surface area contributed by atoms with Crippen LogP contribution in [0.4, 0.5) is 4.79 Å². The van der Waals surface area contributed by atoms with Crippen LogP contribution in [0, 0.1) is 5.92 Å². The Kier molecular flexibility index (Phi) is 5.23. The van der Waals surface area contributed by atoms with Gasteiger partial charge in [-0.2, -0.15) is 0 Å². The highest BCUT2D eigenvalue weighted by atomic mass is 16.6. The van der Waals surface area contributed by atoms with E-state index < -0.39 is 29.6 Å². The van der Waals surface area contributed by atoms with Gasteiger partial charge in [0, 0.05) is 12.5 Å². The molecule has 0 spiro atoms. The first-order valence-electron chi connectivity index (χ1n) is 5.00. The minimum Gasteiger partial charge on any atom is -0.480 e. The van der Waals surface area contributed by atoms with Crippen LogP contribution in [-0.4, -0.2) is 40.5 Å². The number of carbonyl (C=O) groups is 2. The van der Waals surface area contributed by atoms with Gasteiger partial charge in [0.1, 0.15) is 11.6 Å². The zero-order chi connectivity index (χ0) is 12.9. The van der Waals surface area contributed by atoms with Gasteiger partial charge in [0.15, 0.2) is 0 Å². The lowest BCUT2D eigenvalue weighted by atomic mass is 10.0. The van der Waals surface area contributed by atoms with E-state index in [2.05, 4.69) is 5.32 Å². The monoisotopic (exact) mass is 233 g/mol. The topological polar surface area (TPSA) is 95.9 Å². The first kappa shape index (κ1) is 14.7. The Balaban J connectivity index is 4.42. The summed E-state index contributed by atoms with van der Waals surface area (Å²) in [5.41, 5.74) is -0.685. The first-order chi connectivity index (χ1) is 7.17. The summed E-state index contributed by atoms with van der Waals surface area (Å²) >= 11 is 0. The molecular formula is C10H19NO5. The van der Waals surface area contributed by atoms with Crippen molar-refractivity contribution in [2.75, 3.05) is 6.61 Å². The second-order valence-corrected chi connectivity index (χ2v) is 4.62. The van der Waals surface area contributed by atoms with Crippen molar-refractivity contribution in [2.45, 2.75) is 39.3 Å². The molecule has 0 saturated carbocycles. The molecule has 16 heavy (non-hydrogen) atoms. The van der Waals surface area contributed by atoms with E-state index in [0.29, 0.717) is 0 Å². The standard InChI is InChI=1S/C10H19NO5/c1-6(5-12)7(8(13)14)11-9(15)16-10(2,3)4/h6-7,12H,5H2,1-4H3,(H,11,15)(H,13,14)/t6?,7-/m0/s1. The summed E-state index contributed by atoms with van der Waals surface area (Å²) in [5.74, 6) is -1.78. The highest BCUT2D eigenvalue weighted by Gasteiger charge is 2.28. The smallest absolute Gasteiger partial charge is 0.408 e. The van der Waals surface area contributed by atoms with Gasteiger partial charge in [-0.1, -0.05) is 6.92 Å². The van der Waals surface area contributed by atoms with Crippen LogP contribution >= 0.6 is 0 Å². The van der Waals surface area contributed by atoms with E-state index in [1.165, 1.54) is 6.92 Å². The predicted octanol–water partition coefficient (Wildman–Crippen LogP) is 0.593. The fraction of sp³-hybridized carbons (Fsp3) is 0.800. The van der Waals surface area contributed by atoms with Crippen molar-refractivity contribution in [3.05, 3.63) is 0 Å². The lowest BCUT2D eigenvalue weighted by molar-refractivity contribution is -0.141. The number of hydrogen-bond donors (Lipinski definition) is 3. The number of hydrogen-bond acceptors (Lipinski definition) is 4. The fourth-order valence-electron chi connectivity index (χ4n) is 0.987. The van der Waals surface area contributed by atoms with E-state index in [1.807, 2.05) is 0 Å². The van der Waals surface area contributed by atoms with Crippen molar-refractivity contribution in [3.63, 3.8) is 0 Å². The van der Waals surface area contributed by atoms with Gasteiger partial charge in [-0.25, -0.2) is 9.59 Å². The second-order valence-electron chi connectivity index (χ2n) is 4.62. The molecule has 0 aromatic heterocycles. The molecule has 0 heterocycles. The average Bonchev–Trinajstić information content (AvgIpc) is 2.09. The Morgan fingerprint density at radius 2 is 1.88 bits per heavy atom. The lowest BCUT2D eigenvalue weighted by Crippen LogP contribution is -2.47. The number of carboxylic acid groups (broad SMARTS) is 1. The van der Waals surface area contributed by atoms with Gasteiger partial charge < -0.3 is 20.3 Å². The maximum atomic E-state index is 11.3. The molecule has 0 rings (SSSR count). The summed E-state index contributed by atoms with van der Waals surface area (Å²) < 4.78 is 4.92. The Bertz CT molecular complexity index is 258. The molecule has 2 atom stereocenters. The maximum Gasteiger partial charge on any atom is 0.408 e. The van der Waals surface area contributed by atoms with Crippen molar-refractivity contribution >= 4 is 12.1 Å². The number of aliphatic carboxylic acids is 1. The lowest BCUT2D eigenvalue weighted by Gasteiger charge is -2.24. The minimum atomic E-state index is -1.20. The summed E-state index contributed by atoms with van der Waals surface area (Å²) in [6, 6.07) is -1.15. The van der Waals surface area contributed by atoms with Crippen LogP contribution in [0.25, 0.3) is 0 Å². The summed E-state index contributed by atoms with van der Waals surface area (Å²) in [6.07, 6.45) is -0.805. The molecule has 0 fully saturated rings. The molecule has 1 unspecified atom stereocenters. The number of nitrogens with one attached hydrogen (secondary N) is 1. The van der Waals surface area contributed by atoms with Crippen LogP contribution in [0.5, 0.6) is 0 Å². The van der Waals surface area contributed by atoms with Crippen molar-refractivity contribution < 1.29 is 24.5 Å². The molecule has 6 nitrogen and oxygen atoms in total. The summed E-state index contributed by atoms with van der Waals surface area (Å²) in [7, 11) is 0. The molecule has 0 radical (unpaired) electrons. The van der Waals surface area contributed by atoms with Crippen LogP contribution in [0.3, 0.4) is 0 Å². The minimum absolute atomic E-state index is 0.327. The number of carboxylic acids is 1. The van der Waals surface area contributed by atoms with Crippen LogP contribution in [0.2, 0.25) is 0 Å². The van der Waals surface area contributed by atoms with Crippen LogP contribution < -0.4 is 5.32 Å². The molecule has 6 heteroatoms. The zero-order valence-corrected chi connectivity index (χ0v) is 9.98. The maximum absolute atomic E-state index is 11.3. The average molecular weight is 233 g/mol. The third-order valence-corrected chi connectivity index (χ3v) is 1.80. The Labute approximate surface area is 94.6 Å². The van der Waals surface area contributed by atoms with E-state index in [-0.39, 0.29) is 6.61 Å². The highest BCUT2D eigenvalue weighted by Crippen LogP contribution is 2.08. The quantitative estimate of drug-likeness (QED) is 0.660. The third-order valence-electron chi connectivity index (χ3n) is 1.80. The van der Waals surface area contributed by atoms with Crippen LogP contribution in [0.1, 0.15) is 27.7 Å². The second kappa shape index (κ2) is 5.69. The van der Waals surface area contributed by atoms with Gasteiger partial charge >= 0.3 is 12.1 Å². The summed E-state index contributed by atoms with van der Waals surface area (Å²) in [5, 5.41) is 19.9. The number of carbonyl (C=O) groups excluding carboxylic acids is 1. The molecule has 1 amide bonds. The van der Waals surface area contributed by atoms with Gasteiger partial charge in [-0.05, 0) is 20.8 Å². The van der Waals surface area contributed by atoms with E-state index in [9.17, 15) is 9.59 Å². The number of aliphatic hydroxyl groups is 1. The Morgan fingerprint density at radius 3 is 2.19 bits per heavy atom. The molecule has 0 aliphatic carbocycles. The highest BCUT2D eigenvalue weighted by molar-refractivity contribution is 5.80. The van der Waals surface area contributed by atoms with E-state index in [0.717, 1.165) is 0 Å². The molecule has 0 aromatic carbocycles. The van der Waals surface area contributed by atoms with Crippen LogP contribution in [0.15, 0.2) is 0 Å². The molecule has 0 aromatic rings. The molecule has 0 saturated heterocycles. The predicted molar refractivity (Wildman–Crippen MR) is 57.0 cm³/mol. The summed E-state index contributed by atoms with van der Waals surface area (Å²) in [6.45, 7) is 6.23. The van der Waals surface area contributed by atoms with Crippen molar-refractivity contribution in [2.24, 2.45) is 5.92 Å². The van der Waals surface area contributed by atoms with Crippen molar-refractivity contribution in [1.29, 1.82) is 0 Å². The SMILES string of the molecule is CC(CO)[C@H](NC(=O)OC(C)(C)C)C(=O)O. The third kappa shape index (κ3) is 5.55.